The van der Waals surface area contributed by atoms with E-state index in [-0.39, 0.29) is 19.0 Å². The molecule has 0 saturated heterocycles. The van der Waals surface area contributed by atoms with Crippen LogP contribution in [0.15, 0.2) is 18.2 Å². The Kier molecular flexibility index (Phi) is 5.99. The number of ether oxygens (including phenoxy) is 2. The highest BCUT2D eigenvalue weighted by Crippen LogP contribution is 2.41. The topological polar surface area (TPSA) is 35.5 Å². The molecule has 0 aromatic heterocycles. The molecule has 0 atom stereocenters. The van der Waals surface area contributed by atoms with Crippen molar-refractivity contribution in [1.29, 1.82) is 0 Å². The molecule has 3 rings (SSSR count). The van der Waals surface area contributed by atoms with Gasteiger partial charge in [0.25, 0.3) is 0 Å². The molecule has 0 radical (unpaired) electrons. The van der Waals surface area contributed by atoms with Gasteiger partial charge in [-0.25, -0.2) is 4.39 Å². The molecule has 0 N–H and O–H groups in total. The highest BCUT2D eigenvalue weighted by Gasteiger charge is 2.49. The molecule has 2 aliphatic rings. The molecular weight excluding hydrogens is 259 g/mol. The predicted octanol–water partition coefficient (Wildman–Crippen LogP) is 4.08. The van der Waals surface area contributed by atoms with Crippen molar-refractivity contribution < 1.29 is 18.7 Å². The molecule has 0 unspecified atom stereocenters. The first-order chi connectivity index (χ1) is 9.67. The van der Waals surface area contributed by atoms with Crippen LogP contribution in [0.2, 0.25) is 0 Å². The number of ketones is 1. The van der Waals surface area contributed by atoms with Crippen molar-refractivity contribution in [1.82, 2.24) is 0 Å². The number of Topliss-reactive ketones (excluding diaryl/α,β-unsaturated/α-hetero) is 1. The van der Waals surface area contributed by atoms with Crippen LogP contribution in [-0.4, -0.2) is 18.2 Å². The second-order valence-corrected chi connectivity index (χ2v) is 4.25. The summed E-state index contributed by atoms with van der Waals surface area (Å²) in [5.74, 6) is 0.984. The minimum absolute atomic E-state index is 0.132. The van der Waals surface area contributed by atoms with E-state index in [0.717, 1.165) is 5.56 Å². The van der Waals surface area contributed by atoms with Crippen LogP contribution in [0.4, 0.5) is 4.39 Å². The van der Waals surface area contributed by atoms with Crippen molar-refractivity contribution in [3.8, 4) is 11.5 Å². The number of hydrogen-bond acceptors (Lipinski definition) is 3. The fourth-order valence-corrected chi connectivity index (χ4v) is 1.78. The van der Waals surface area contributed by atoms with Gasteiger partial charge in [0.1, 0.15) is 0 Å². The highest BCUT2D eigenvalue weighted by atomic mass is 19.1. The molecule has 112 valence electrons. The van der Waals surface area contributed by atoms with Crippen LogP contribution in [0.1, 0.15) is 46.1 Å². The van der Waals surface area contributed by atoms with Crippen molar-refractivity contribution >= 4 is 5.78 Å². The predicted molar refractivity (Wildman–Crippen MR) is 77.0 cm³/mol. The molecule has 1 aliphatic carbocycles. The lowest BCUT2D eigenvalue weighted by atomic mass is 10.0. The van der Waals surface area contributed by atoms with E-state index in [1.54, 1.807) is 18.2 Å². The molecule has 0 amide bonds. The van der Waals surface area contributed by atoms with Gasteiger partial charge in [-0.2, -0.15) is 0 Å². The fourth-order valence-electron chi connectivity index (χ4n) is 1.78. The smallest absolute Gasteiger partial charge is 0.231 e. The maximum absolute atomic E-state index is 13.4. The van der Waals surface area contributed by atoms with E-state index in [0.29, 0.717) is 24.3 Å². The van der Waals surface area contributed by atoms with E-state index in [9.17, 15) is 9.18 Å². The standard InChI is InChI=1S/C12H11FO3.2C2H6/c13-12(3-4-12)11(14)6-8-1-2-9-10(5-8)16-7-15-9;2*1-2/h1-2,5H,3-4,6-7H2;2*1-2H3. The summed E-state index contributed by atoms with van der Waals surface area (Å²) in [5, 5.41) is 0. The van der Waals surface area contributed by atoms with Gasteiger partial charge in [0.05, 0.1) is 0 Å². The summed E-state index contributed by atoms with van der Waals surface area (Å²) in [6.07, 6.45) is 0.875. The molecule has 0 spiro atoms. The van der Waals surface area contributed by atoms with Gasteiger partial charge in [-0.1, -0.05) is 33.8 Å². The zero-order chi connectivity index (χ0) is 15.2. The Morgan fingerprint density at radius 3 is 2.35 bits per heavy atom. The highest BCUT2D eigenvalue weighted by molar-refractivity contribution is 5.91. The number of halogens is 1. The second-order valence-electron chi connectivity index (χ2n) is 4.25. The minimum Gasteiger partial charge on any atom is -0.454 e. The largest absolute Gasteiger partial charge is 0.454 e. The Labute approximate surface area is 120 Å². The van der Waals surface area contributed by atoms with Crippen LogP contribution < -0.4 is 9.47 Å². The number of benzene rings is 1. The molecular formula is C16H23FO3. The number of rotatable bonds is 3. The Balaban J connectivity index is 0.000000461. The fraction of sp³-hybridized carbons (Fsp3) is 0.562. The summed E-state index contributed by atoms with van der Waals surface area (Å²) in [5.41, 5.74) is -0.769. The average Bonchev–Trinajstić information content (AvgIpc) is 3.08. The van der Waals surface area contributed by atoms with Gasteiger partial charge in [0.15, 0.2) is 23.0 Å². The van der Waals surface area contributed by atoms with Crippen molar-refractivity contribution in [2.45, 2.75) is 52.6 Å². The van der Waals surface area contributed by atoms with E-state index in [2.05, 4.69) is 0 Å². The van der Waals surface area contributed by atoms with Crippen molar-refractivity contribution in [3.63, 3.8) is 0 Å². The summed E-state index contributed by atoms with van der Waals surface area (Å²) < 4.78 is 23.8. The molecule has 1 heterocycles. The second kappa shape index (κ2) is 7.27. The normalized spacial score (nSPS) is 16.2. The van der Waals surface area contributed by atoms with Crippen molar-refractivity contribution in [3.05, 3.63) is 23.8 Å². The zero-order valence-electron chi connectivity index (χ0n) is 12.7. The molecule has 0 bridgehead atoms. The third kappa shape index (κ3) is 3.71. The van der Waals surface area contributed by atoms with Gasteiger partial charge in [-0.05, 0) is 30.5 Å². The van der Waals surface area contributed by atoms with Gasteiger partial charge in [-0.3, -0.25) is 4.79 Å². The van der Waals surface area contributed by atoms with Crippen LogP contribution >= 0.6 is 0 Å². The SMILES string of the molecule is CC.CC.O=C(Cc1ccc2c(c1)OCO2)C1(F)CC1. The molecule has 1 aromatic carbocycles. The van der Waals surface area contributed by atoms with Gasteiger partial charge < -0.3 is 9.47 Å². The summed E-state index contributed by atoms with van der Waals surface area (Å²) in [6, 6.07) is 5.27. The van der Waals surface area contributed by atoms with Gasteiger partial charge >= 0.3 is 0 Å². The van der Waals surface area contributed by atoms with Crippen LogP contribution in [0.5, 0.6) is 11.5 Å². The molecule has 1 aromatic rings. The third-order valence-electron chi connectivity index (χ3n) is 2.99. The summed E-state index contributed by atoms with van der Waals surface area (Å²) in [7, 11) is 0. The molecule has 4 heteroatoms. The lowest BCUT2D eigenvalue weighted by molar-refractivity contribution is -0.124. The Morgan fingerprint density at radius 2 is 1.75 bits per heavy atom. The van der Waals surface area contributed by atoms with Gasteiger partial charge in [0.2, 0.25) is 6.79 Å². The van der Waals surface area contributed by atoms with Crippen molar-refractivity contribution in [2.75, 3.05) is 6.79 Å². The van der Waals surface area contributed by atoms with E-state index >= 15 is 0 Å². The first-order valence-corrected chi connectivity index (χ1v) is 7.28. The number of carbonyl (C=O) groups is 1. The Bertz CT molecular complexity index is 453. The van der Waals surface area contributed by atoms with Crippen LogP contribution in [0, 0.1) is 0 Å². The van der Waals surface area contributed by atoms with Crippen LogP contribution in [0.25, 0.3) is 0 Å². The number of alkyl halides is 1. The Morgan fingerprint density at radius 1 is 1.15 bits per heavy atom. The van der Waals surface area contributed by atoms with Crippen LogP contribution in [-0.2, 0) is 11.2 Å². The molecule has 20 heavy (non-hydrogen) atoms. The minimum atomic E-state index is -1.55. The van der Waals surface area contributed by atoms with E-state index < -0.39 is 5.67 Å². The molecule has 3 nitrogen and oxygen atoms in total. The van der Waals surface area contributed by atoms with Gasteiger partial charge in [-0.15, -0.1) is 0 Å². The van der Waals surface area contributed by atoms with E-state index in [1.807, 2.05) is 27.7 Å². The first-order valence-electron chi connectivity index (χ1n) is 7.28. The van der Waals surface area contributed by atoms with Crippen molar-refractivity contribution in [2.24, 2.45) is 0 Å². The zero-order valence-corrected chi connectivity index (χ0v) is 12.7. The van der Waals surface area contributed by atoms with E-state index in [4.69, 9.17) is 9.47 Å². The lowest BCUT2D eigenvalue weighted by Crippen LogP contribution is -2.18. The molecule has 1 aliphatic heterocycles. The third-order valence-corrected chi connectivity index (χ3v) is 2.99. The molecule has 1 saturated carbocycles. The van der Waals surface area contributed by atoms with E-state index in [1.165, 1.54) is 0 Å². The maximum atomic E-state index is 13.4. The number of fused-ring (bicyclic) bond motifs is 1. The monoisotopic (exact) mass is 282 g/mol. The maximum Gasteiger partial charge on any atom is 0.231 e. The summed E-state index contributed by atoms with van der Waals surface area (Å²) in [6.45, 7) is 8.21. The average molecular weight is 282 g/mol. The first kappa shape index (κ1) is 16.5. The number of carbonyl (C=O) groups excluding carboxylic acids is 1. The summed E-state index contributed by atoms with van der Waals surface area (Å²) in [4.78, 5) is 11.5. The summed E-state index contributed by atoms with van der Waals surface area (Å²) >= 11 is 0. The quantitative estimate of drug-likeness (QED) is 0.838. The lowest BCUT2D eigenvalue weighted by Gasteiger charge is -2.05. The van der Waals surface area contributed by atoms with Gasteiger partial charge in [0, 0.05) is 6.42 Å². The Hall–Kier alpha value is -1.58. The van der Waals surface area contributed by atoms with Crippen LogP contribution in [0.3, 0.4) is 0 Å². The molecule has 1 fully saturated rings. The number of hydrogen-bond donors (Lipinski definition) is 0.